The molecule has 0 aromatic carbocycles. The lowest BCUT2D eigenvalue weighted by atomic mass is 10.0. The first-order chi connectivity index (χ1) is 16.2. The minimum Gasteiger partial charge on any atom is -0.461 e. The first-order valence-electron chi connectivity index (χ1n) is 11.5. The molecule has 0 rings (SSSR count). The van der Waals surface area contributed by atoms with Crippen LogP contribution < -0.4 is 0 Å². The summed E-state index contributed by atoms with van der Waals surface area (Å²) in [6.07, 6.45) is 11.6. The van der Waals surface area contributed by atoms with Crippen LogP contribution in [-0.4, -0.2) is 61.2 Å². The molecule has 8 nitrogen and oxygen atoms in total. The van der Waals surface area contributed by atoms with Crippen LogP contribution in [0.5, 0.6) is 0 Å². The number of aliphatic hydroxyl groups excluding tert-OH is 2. The van der Waals surface area contributed by atoms with Crippen LogP contribution in [0, 0.1) is 0 Å². The molecule has 192 valence electrons. The van der Waals surface area contributed by atoms with Crippen molar-refractivity contribution in [2.75, 3.05) is 33.0 Å². The molecular weight excluding hydrogens is 440 g/mol. The second-order valence-corrected chi connectivity index (χ2v) is 7.94. The zero-order valence-corrected chi connectivity index (χ0v) is 20.9. The Morgan fingerprint density at radius 3 is 1.26 bits per heavy atom. The average molecular weight is 481 g/mol. The van der Waals surface area contributed by atoms with Gasteiger partial charge in [0.1, 0.15) is 19.8 Å². The maximum absolute atomic E-state index is 11.3. The topological polar surface area (TPSA) is 119 Å². The lowest BCUT2D eigenvalue weighted by Crippen LogP contribution is -2.06. The van der Waals surface area contributed by atoms with E-state index in [4.69, 9.17) is 24.4 Å². The normalized spacial score (nSPS) is 13.0. The quantitative estimate of drug-likeness (QED) is 0.184. The van der Waals surface area contributed by atoms with E-state index in [1.54, 1.807) is 6.08 Å². The van der Waals surface area contributed by atoms with Gasteiger partial charge in [0.2, 0.25) is 0 Å². The molecule has 0 fully saturated rings. The van der Waals surface area contributed by atoms with Crippen LogP contribution in [0.2, 0.25) is 0 Å². The molecule has 0 amide bonds. The van der Waals surface area contributed by atoms with Crippen molar-refractivity contribution in [3.63, 3.8) is 0 Å². The van der Waals surface area contributed by atoms with Crippen molar-refractivity contribution in [3.8, 4) is 0 Å². The SMILES string of the molecule is CC(=O)OCC(=CCO)CCC=C(CCC=C(CCC=C(C)CO)COC(C)=O)COC(C)=O. The molecule has 0 heterocycles. The smallest absolute Gasteiger partial charge is 0.302 e. The molecule has 0 aromatic rings. The Labute approximate surface area is 203 Å². The van der Waals surface area contributed by atoms with Crippen LogP contribution in [0.1, 0.15) is 66.2 Å². The summed E-state index contributed by atoms with van der Waals surface area (Å²) in [6.45, 7) is 6.34. The van der Waals surface area contributed by atoms with Crippen molar-refractivity contribution < 1.29 is 38.8 Å². The molecule has 0 aliphatic heterocycles. The zero-order valence-electron chi connectivity index (χ0n) is 20.9. The lowest BCUT2D eigenvalue weighted by molar-refractivity contribution is -0.140. The molecule has 8 heteroatoms. The summed E-state index contributed by atoms with van der Waals surface area (Å²) in [5, 5.41) is 18.3. The molecule has 0 unspecified atom stereocenters. The van der Waals surface area contributed by atoms with Gasteiger partial charge in [0, 0.05) is 20.8 Å². The minimum atomic E-state index is -0.381. The number of allylic oxidation sites excluding steroid dienone is 3. The fraction of sp³-hybridized carbons (Fsp3) is 0.577. The number of aliphatic hydroxyl groups is 2. The lowest BCUT2D eigenvalue weighted by Gasteiger charge is -2.10. The third-order valence-corrected chi connectivity index (χ3v) is 4.77. The number of hydrogen-bond donors (Lipinski definition) is 2. The molecule has 0 atom stereocenters. The number of rotatable bonds is 17. The molecule has 34 heavy (non-hydrogen) atoms. The predicted molar refractivity (Wildman–Crippen MR) is 130 cm³/mol. The maximum atomic E-state index is 11.3. The van der Waals surface area contributed by atoms with E-state index < -0.39 is 0 Å². The van der Waals surface area contributed by atoms with E-state index >= 15 is 0 Å². The Kier molecular flexibility index (Phi) is 18.2. The Balaban J connectivity index is 5.13. The monoisotopic (exact) mass is 480 g/mol. The van der Waals surface area contributed by atoms with Gasteiger partial charge in [0.05, 0.1) is 13.2 Å². The van der Waals surface area contributed by atoms with Crippen molar-refractivity contribution >= 4 is 17.9 Å². The predicted octanol–water partition coefficient (Wildman–Crippen LogP) is 3.73. The van der Waals surface area contributed by atoms with Crippen LogP contribution in [0.3, 0.4) is 0 Å². The Morgan fingerprint density at radius 2 is 0.941 bits per heavy atom. The molecule has 0 aromatic heterocycles. The number of hydrogen-bond acceptors (Lipinski definition) is 8. The highest BCUT2D eigenvalue weighted by Gasteiger charge is 2.05. The molecule has 0 saturated heterocycles. The fourth-order valence-electron chi connectivity index (χ4n) is 2.90. The third-order valence-electron chi connectivity index (χ3n) is 4.77. The number of esters is 3. The van der Waals surface area contributed by atoms with Crippen molar-refractivity contribution in [2.45, 2.75) is 66.2 Å². The molecule has 0 bridgehead atoms. The summed E-state index contributed by atoms with van der Waals surface area (Å²) in [4.78, 5) is 33.5. The van der Waals surface area contributed by atoms with E-state index in [-0.39, 0.29) is 50.9 Å². The molecule has 0 radical (unpaired) electrons. The number of carbonyl (C=O) groups excluding carboxylic acids is 3. The average Bonchev–Trinajstić information content (AvgIpc) is 2.77. The standard InChI is InChI=1S/C26H40O8/c1-20(16-28)8-5-9-24(17-32-21(2)29)10-6-11-25(18-33-22(3)30)12-7-13-26(14-15-27)19-34-23(4)31/h8,10,12,14,27-28H,5-7,9,11,13,15-19H2,1-4H3. The summed E-state index contributed by atoms with van der Waals surface area (Å²) in [6, 6.07) is 0. The van der Waals surface area contributed by atoms with Crippen LogP contribution in [0.25, 0.3) is 0 Å². The van der Waals surface area contributed by atoms with Crippen LogP contribution in [0.15, 0.2) is 46.6 Å². The van der Waals surface area contributed by atoms with Crippen molar-refractivity contribution in [2.24, 2.45) is 0 Å². The zero-order chi connectivity index (χ0) is 25.8. The summed E-state index contributed by atoms with van der Waals surface area (Å²) in [5.74, 6) is -1.09. The van der Waals surface area contributed by atoms with Gasteiger partial charge in [-0.25, -0.2) is 0 Å². The molecular formula is C26H40O8. The second-order valence-electron chi connectivity index (χ2n) is 7.94. The molecule has 2 N–H and O–H groups in total. The summed E-state index contributed by atoms with van der Waals surface area (Å²) in [7, 11) is 0. The third kappa shape index (κ3) is 18.8. The Bertz CT molecular complexity index is 759. The second kappa shape index (κ2) is 19.7. The van der Waals surface area contributed by atoms with E-state index in [0.29, 0.717) is 32.1 Å². The van der Waals surface area contributed by atoms with Gasteiger partial charge in [-0.2, -0.15) is 0 Å². The van der Waals surface area contributed by atoms with Crippen molar-refractivity contribution in [1.82, 2.24) is 0 Å². The number of ether oxygens (including phenoxy) is 3. The molecule has 0 aliphatic carbocycles. The highest BCUT2D eigenvalue weighted by Crippen LogP contribution is 2.16. The van der Waals surface area contributed by atoms with Gasteiger partial charge in [-0.1, -0.05) is 29.9 Å². The van der Waals surface area contributed by atoms with E-state index in [2.05, 4.69) is 0 Å². The summed E-state index contributed by atoms with van der Waals surface area (Å²) < 4.78 is 15.3. The van der Waals surface area contributed by atoms with Gasteiger partial charge >= 0.3 is 17.9 Å². The minimum absolute atomic E-state index is 0.0172. The van der Waals surface area contributed by atoms with Crippen molar-refractivity contribution in [3.05, 3.63) is 46.6 Å². The van der Waals surface area contributed by atoms with Gasteiger partial charge in [-0.3, -0.25) is 14.4 Å². The summed E-state index contributed by atoms with van der Waals surface area (Å²) in [5.41, 5.74) is 3.64. The molecule has 0 aliphatic rings. The fourth-order valence-corrected chi connectivity index (χ4v) is 2.90. The van der Waals surface area contributed by atoms with E-state index in [1.807, 2.05) is 25.2 Å². The van der Waals surface area contributed by atoms with Gasteiger partial charge in [-0.05, 0) is 62.2 Å². The highest BCUT2D eigenvalue weighted by molar-refractivity contribution is 5.66. The number of carbonyl (C=O) groups is 3. The molecule has 0 saturated carbocycles. The van der Waals surface area contributed by atoms with Crippen LogP contribution in [0.4, 0.5) is 0 Å². The van der Waals surface area contributed by atoms with Gasteiger partial charge in [0.25, 0.3) is 0 Å². The van der Waals surface area contributed by atoms with Crippen LogP contribution in [-0.2, 0) is 28.6 Å². The maximum Gasteiger partial charge on any atom is 0.302 e. The van der Waals surface area contributed by atoms with E-state index in [1.165, 1.54) is 20.8 Å². The van der Waals surface area contributed by atoms with Gasteiger partial charge in [-0.15, -0.1) is 0 Å². The largest absolute Gasteiger partial charge is 0.461 e. The van der Waals surface area contributed by atoms with Gasteiger partial charge in [0.15, 0.2) is 0 Å². The van der Waals surface area contributed by atoms with E-state index in [0.717, 1.165) is 28.7 Å². The molecule has 0 spiro atoms. The van der Waals surface area contributed by atoms with E-state index in [9.17, 15) is 14.4 Å². The van der Waals surface area contributed by atoms with Crippen molar-refractivity contribution in [1.29, 1.82) is 0 Å². The first kappa shape index (κ1) is 31.3. The van der Waals surface area contributed by atoms with Gasteiger partial charge < -0.3 is 24.4 Å². The Morgan fingerprint density at radius 1 is 0.588 bits per heavy atom. The first-order valence-corrected chi connectivity index (χ1v) is 11.5. The van der Waals surface area contributed by atoms with Crippen LogP contribution >= 0.6 is 0 Å². The Hall–Kier alpha value is -2.71. The highest BCUT2D eigenvalue weighted by atomic mass is 16.5. The summed E-state index contributed by atoms with van der Waals surface area (Å²) >= 11 is 0.